The topological polar surface area (TPSA) is 40.6 Å². The van der Waals surface area contributed by atoms with Crippen molar-refractivity contribution in [1.82, 2.24) is 4.90 Å². The molecule has 0 spiro atoms. The fraction of sp³-hybridized carbons (Fsp3) is 0.391. The maximum Gasteiger partial charge on any atom is 0.238 e. The number of hydrogen-bond donors (Lipinski definition) is 0. The number of amides is 2. The molecule has 4 nitrogen and oxygen atoms in total. The first-order chi connectivity index (χ1) is 13.1. The van der Waals surface area contributed by atoms with E-state index in [1.165, 1.54) is 0 Å². The summed E-state index contributed by atoms with van der Waals surface area (Å²) in [5.74, 6) is 0.113. The van der Waals surface area contributed by atoms with Crippen LogP contribution in [0.1, 0.15) is 37.3 Å². The minimum Gasteiger partial charge on any atom is -0.340 e. The Balaban J connectivity index is 1.76. The van der Waals surface area contributed by atoms with E-state index in [0.29, 0.717) is 19.0 Å². The van der Waals surface area contributed by atoms with Crippen LogP contribution in [0.4, 0.5) is 5.69 Å². The Morgan fingerprint density at radius 3 is 2.44 bits per heavy atom. The monoisotopic (exact) mass is 362 g/mol. The number of carbonyl (C=O) groups is 2. The Hall–Kier alpha value is -2.62. The van der Waals surface area contributed by atoms with Gasteiger partial charge in [0.15, 0.2) is 0 Å². The molecule has 0 saturated heterocycles. The van der Waals surface area contributed by atoms with Crippen molar-refractivity contribution in [2.75, 3.05) is 18.5 Å². The van der Waals surface area contributed by atoms with Crippen LogP contribution < -0.4 is 4.90 Å². The first-order valence-electron chi connectivity index (χ1n) is 9.78. The third-order valence-electron chi connectivity index (χ3n) is 5.95. The molecule has 140 valence electrons. The zero-order chi connectivity index (χ0) is 19.0. The largest absolute Gasteiger partial charge is 0.340 e. The van der Waals surface area contributed by atoms with Crippen molar-refractivity contribution in [1.29, 1.82) is 0 Å². The zero-order valence-electron chi connectivity index (χ0n) is 16.0. The first-order valence-corrected chi connectivity index (χ1v) is 9.78. The second kappa shape index (κ2) is 6.84. The summed E-state index contributed by atoms with van der Waals surface area (Å²) >= 11 is 0. The van der Waals surface area contributed by atoms with Gasteiger partial charge in [0.2, 0.25) is 11.8 Å². The van der Waals surface area contributed by atoms with Gasteiger partial charge < -0.3 is 9.80 Å². The number of benzene rings is 2. The molecule has 2 aliphatic rings. The van der Waals surface area contributed by atoms with Crippen LogP contribution in [0.15, 0.2) is 54.6 Å². The molecule has 2 aromatic rings. The third kappa shape index (κ3) is 3.03. The molecule has 0 unspecified atom stereocenters. The molecule has 0 N–H and O–H groups in total. The highest BCUT2D eigenvalue weighted by Gasteiger charge is 2.51. The molecule has 1 aliphatic heterocycles. The average Bonchev–Trinajstić information content (AvgIpc) is 3.50. The summed E-state index contributed by atoms with van der Waals surface area (Å²) in [5, 5.41) is 0. The molecular formula is C23H26N2O2. The van der Waals surface area contributed by atoms with Gasteiger partial charge in [-0.15, -0.1) is 0 Å². The molecule has 1 saturated carbocycles. The van der Waals surface area contributed by atoms with Crippen molar-refractivity contribution < 1.29 is 9.59 Å². The molecular weight excluding hydrogens is 336 g/mol. The molecule has 0 radical (unpaired) electrons. The highest BCUT2D eigenvalue weighted by atomic mass is 16.2. The minimum atomic E-state index is -0.827. The maximum absolute atomic E-state index is 13.5. The normalized spacial score (nSPS) is 21.3. The number of para-hydroxylation sites is 1. The number of carbonyl (C=O) groups excluding carboxylic acids is 2. The smallest absolute Gasteiger partial charge is 0.238 e. The van der Waals surface area contributed by atoms with Crippen molar-refractivity contribution in [3.63, 3.8) is 0 Å². The summed E-state index contributed by atoms with van der Waals surface area (Å²) in [5.41, 5.74) is 2.15. The Labute approximate surface area is 160 Å². The molecule has 1 heterocycles. The van der Waals surface area contributed by atoms with E-state index in [4.69, 9.17) is 0 Å². The Bertz CT molecular complexity index is 860. The van der Waals surface area contributed by atoms with Gasteiger partial charge in [0, 0.05) is 31.7 Å². The quantitative estimate of drug-likeness (QED) is 0.789. The number of fused-ring (bicyclic) bond motifs is 1. The molecule has 4 rings (SSSR count). The molecule has 0 bridgehead atoms. The van der Waals surface area contributed by atoms with Crippen LogP contribution in [-0.2, 0) is 21.4 Å². The Kier molecular flexibility index (Phi) is 4.50. The summed E-state index contributed by atoms with van der Waals surface area (Å²) in [4.78, 5) is 30.4. The molecule has 1 aliphatic carbocycles. The van der Waals surface area contributed by atoms with Gasteiger partial charge >= 0.3 is 0 Å². The number of hydrogen-bond acceptors (Lipinski definition) is 2. The molecule has 0 aromatic heterocycles. The van der Waals surface area contributed by atoms with Crippen LogP contribution >= 0.6 is 0 Å². The van der Waals surface area contributed by atoms with Gasteiger partial charge in [0.1, 0.15) is 0 Å². The summed E-state index contributed by atoms with van der Waals surface area (Å²) in [6, 6.07) is 18.3. The molecule has 1 atom stereocenters. The molecule has 1 fully saturated rings. The lowest BCUT2D eigenvalue weighted by molar-refractivity contribution is -0.136. The van der Waals surface area contributed by atoms with Gasteiger partial charge in [-0.3, -0.25) is 9.59 Å². The van der Waals surface area contributed by atoms with Crippen molar-refractivity contribution >= 4 is 17.5 Å². The fourth-order valence-corrected chi connectivity index (χ4v) is 4.45. The van der Waals surface area contributed by atoms with Crippen molar-refractivity contribution in [3.05, 3.63) is 65.7 Å². The van der Waals surface area contributed by atoms with Gasteiger partial charge in [0.25, 0.3) is 0 Å². The van der Waals surface area contributed by atoms with Crippen molar-refractivity contribution in [2.45, 2.75) is 44.1 Å². The van der Waals surface area contributed by atoms with Crippen LogP contribution in [0.3, 0.4) is 0 Å². The number of nitrogens with zero attached hydrogens (tertiary/aromatic N) is 2. The second-order valence-corrected chi connectivity index (χ2v) is 7.71. The predicted octanol–water partition coefficient (Wildman–Crippen LogP) is 3.54. The van der Waals surface area contributed by atoms with Gasteiger partial charge in [-0.1, -0.05) is 48.5 Å². The van der Waals surface area contributed by atoms with E-state index in [-0.39, 0.29) is 18.2 Å². The van der Waals surface area contributed by atoms with Crippen LogP contribution in [0.5, 0.6) is 0 Å². The number of rotatable bonds is 6. The highest BCUT2D eigenvalue weighted by molar-refractivity contribution is 6.10. The van der Waals surface area contributed by atoms with E-state index < -0.39 is 5.41 Å². The van der Waals surface area contributed by atoms with E-state index in [0.717, 1.165) is 29.7 Å². The lowest BCUT2D eigenvalue weighted by Crippen LogP contribution is -2.46. The first kappa shape index (κ1) is 17.8. The van der Waals surface area contributed by atoms with Crippen LogP contribution in [-0.4, -0.2) is 36.3 Å². The highest BCUT2D eigenvalue weighted by Crippen LogP contribution is 2.46. The van der Waals surface area contributed by atoms with E-state index in [1.54, 1.807) is 4.90 Å². The second-order valence-electron chi connectivity index (χ2n) is 7.71. The van der Waals surface area contributed by atoms with E-state index in [1.807, 2.05) is 73.5 Å². The average molecular weight is 362 g/mol. The van der Waals surface area contributed by atoms with Crippen molar-refractivity contribution in [2.24, 2.45) is 0 Å². The third-order valence-corrected chi connectivity index (χ3v) is 5.95. The summed E-state index contributed by atoms with van der Waals surface area (Å²) in [6.45, 7) is 2.73. The van der Waals surface area contributed by atoms with Crippen LogP contribution in [0.2, 0.25) is 0 Å². The molecule has 27 heavy (non-hydrogen) atoms. The maximum atomic E-state index is 13.5. The lowest BCUT2D eigenvalue weighted by Gasteiger charge is -2.31. The standard InChI is InChI=1S/C23H26N2O2/c1-3-25(18-13-14-18)21(26)16-23(15-17-9-5-4-6-10-17)19-11-7-8-12-20(19)24(2)22(23)27/h4-12,18H,3,13-16H2,1-2H3/t23-/m0/s1. The van der Waals surface area contributed by atoms with Gasteiger partial charge in [-0.05, 0) is 43.4 Å². The predicted molar refractivity (Wildman–Crippen MR) is 107 cm³/mol. The number of likely N-dealkylation sites (N-methyl/N-ethyl adjacent to an activating group) is 1. The molecule has 4 heteroatoms. The minimum absolute atomic E-state index is 0.0211. The fourth-order valence-electron chi connectivity index (χ4n) is 4.45. The SMILES string of the molecule is CCN(C(=O)C[C@]1(Cc2ccccc2)C(=O)N(C)c2ccccc21)C1CC1. The van der Waals surface area contributed by atoms with Crippen molar-refractivity contribution in [3.8, 4) is 0 Å². The van der Waals surface area contributed by atoms with Gasteiger partial charge in [0.05, 0.1) is 5.41 Å². The lowest BCUT2D eigenvalue weighted by atomic mass is 9.73. The van der Waals surface area contributed by atoms with E-state index in [9.17, 15) is 9.59 Å². The van der Waals surface area contributed by atoms with Gasteiger partial charge in [-0.2, -0.15) is 0 Å². The summed E-state index contributed by atoms with van der Waals surface area (Å²) in [6.07, 6.45) is 2.93. The van der Waals surface area contributed by atoms with Crippen LogP contribution in [0.25, 0.3) is 0 Å². The summed E-state index contributed by atoms with van der Waals surface area (Å²) < 4.78 is 0. The zero-order valence-corrected chi connectivity index (χ0v) is 16.0. The van der Waals surface area contributed by atoms with Crippen LogP contribution in [0, 0.1) is 0 Å². The van der Waals surface area contributed by atoms with E-state index >= 15 is 0 Å². The molecule has 2 amide bonds. The van der Waals surface area contributed by atoms with E-state index in [2.05, 4.69) is 0 Å². The summed E-state index contributed by atoms with van der Waals surface area (Å²) in [7, 11) is 1.82. The number of anilines is 1. The Morgan fingerprint density at radius 1 is 1.11 bits per heavy atom. The molecule has 2 aromatic carbocycles. The van der Waals surface area contributed by atoms with Gasteiger partial charge in [-0.25, -0.2) is 0 Å². The Morgan fingerprint density at radius 2 is 1.78 bits per heavy atom.